The van der Waals surface area contributed by atoms with E-state index in [-0.39, 0.29) is 17.0 Å². The summed E-state index contributed by atoms with van der Waals surface area (Å²) in [5.41, 5.74) is 0.0828. The number of para-hydroxylation sites is 2. The first-order chi connectivity index (χ1) is 9.56. The third-order valence-electron chi connectivity index (χ3n) is 2.34. The topological polar surface area (TPSA) is 51.2 Å². The van der Waals surface area contributed by atoms with Gasteiger partial charge in [0.05, 0.1) is 5.69 Å². The first-order valence-electron chi connectivity index (χ1n) is 5.53. The molecule has 2 aromatic rings. The molecule has 0 aliphatic heterocycles. The van der Waals surface area contributed by atoms with Crippen LogP contribution in [0.15, 0.2) is 42.6 Å². The van der Waals surface area contributed by atoms with Crippen molar-refractivity contribution < 1.29 is 22.7 Å². The Kier molecular flexibility index (Phi) is 4.19. The minimum Gasteiger partial charge on any atom is -0.433 e. The van der Waals surface area contributed by atoms with Gasteiger partial charge in [0.25, 0.3) is 5.91 Å². The van der Waals surface area contributed by atoms with Gasteiger partial charge in [-0.2, -0.15) is 13.2 Å². The van der Waals surface area contributed by atoms with E-state index in [9.17, 15) is 18.0 Å². The number of amides is 1. The van der Waals surface area contributed by atoms with Crippen molar-refractivity contribution in [2.45, 2.75) is 6.61 Å². The lowest BCUT2D eigenvalue weighted by atomic mass is 10.2. The monoisotopic (exact) mass is 282 g/mol. The van der Waals surface area contributed by atoms with E-state index in [0.29, 0.717) is 0 Å². The number of aromatic nitrogens is 1. The molecule has 1 amide bonds. The molecule has 0 bridgehead atoms. The van der Waals surface area contributed by atoms with Gasteiger partial charge in [-0.3, -0.25) is 4.79 Å². The van der Waals surface area contributed by atoms with Gasteiger partial charge in [-0.1, -0.05) is 12.1 Å². The molecule has 104 valence electrons. The summed E-state index contributed by atoms with van der Waals surface area (Å²) in [6.07, 6.45) is 1.13. The van der Waals surface area contributed by atoms with Crippen LogP contribution < -0.4 is 10.1 Å². The standard InChI is InChI=1S/C13H9F3N2O2/c14-11-7-8(5-6-17-11)12(19)18-9-3-1-2-4-10(9)20-13(15)16/h1-7,13H,(H,18,19). The van der Waals surface area contributed by atoms with Crippen LogP contribution in [-0.2, 0) is 0 Å². The second-order valence-electron chi connectivity index (χ2n) is 3.70. The van der Waals surface area contributed by atoms with Gasteiger partial charge in [0, 0.05) is 17.8 Å². The van der Waals surface area contributed by atoms with Crippen molar-refractivity contribution in [2.75, 3.05) is 5.32 Å². The van der Waals surface area contributed by atoms with Crippen molar-refractivity contribution in [3.05, 3.63) is 54.1 Å². The maximum atomic E-state index is 12.9. The Morgan fingerprint density at radius 1 is 1.25 bits per heavy atom. The highest BCUT2D eigenvalue weighted by Gasteiger charge is 2.13. The molecule has 0 spiro atoms. The van der Waals surface area contributed by atoms with E-state index in [4.69, 9.17) is 0 Å². The summed E-state index contributed by atoms with van der Waals surface area (Å²) >= 11 is 0. The van der Waals surface area contributed by atoms with Crippen LogP contribution in [-0.4, -0.2) is 17.5 Å². The van der Waals surface area contributed by atoms with Gasteiger partial charge in [0.15, 0.2) is 0 Å². The second-order valence-corrected chi connectivity index (χ2v) is 3.70. The summed E-state index contributed by atoms with van der Waals surface area (Å²) in [6, 6.07) is 7.95. The van der Waals surface area contributed by atoms with Gasteiger partial charge < -0.3 is 10.1 Å². The molecule has 20 heavy (non-hydrogen) atoms. The van der Waals surface area contributed by atoms with E-state index in [1.165, 1.54) is 24.3 Å². The van der Waals surface area contributed by atoms with Crippen molar-refractivity contribution in [2.24, 2.45) is 0 Å². The van der Waals surface area contributed by atoms with E-state index in [1.807, 2.05) is 0 Å². The van der Waals surface area contributed by atoms with Crippen molar-refractivity contribution in [1.29, 1.82) is 0 Å². The van der Waals surface area contributed by atoms with Crippen LogP contribution in [0.4, 0.5) is 18.9 Å². The summed E-state index contributed by atoms with van der Waals surface area (Å²) in [5.74, 6) is -1.64. The van der Waals surface area contributed by atoms with Crippen molar-refractivity contribution >= 4 is 11.6 Å². The lowest BCUT2D eigenvalue weighted by molar-refractivity contribution is -0.0493. The Hall–Kier alpha value is -2.57. The van der Waals surface area contributed by atoms with Gasteiger partial charge in [0.2, 0.25) is 5.95 Å². The largest absolute Gasteiger partial charge is 0.433 e. The molecule has 0 unspecified atom stereocenters. The number of nitrogens with zero attached hydrogens (tertiary/aromatic N) is 1. The normalized spacial score (nSPS) is 10.4. The van der Waals surface area contributed by atoms with Crippen LogP contribution in [0.5, 0.6) is 5.75 Å². The fraction of sp³-hybridized carbons (Fsp3) is 0.0769. The molecule has 0 aliphatic rings. The number of hydrogen-bond donors (Lipinski definition) is 1. The van der Waals surface area contributed by atoms with Crippen LogP contribution in [0.1, 0.15) is 10.4 Å². The zero-order valence-corrected chi connectivity index (χ0v) is 10.0. The smallest absolute Gasteiger partial charge is 0.387 e. The number of carbonyl (C=O) groups excluding carboxylic acids is 1. The molecule has 0 fully saturated rings. The Labute approximate surface area is 112 Å². The average molecular weight is 282 g/mol. The number of halogens is 3. The van der Waals surface area contributed by atoms with Crippen molar-refractivity contribution in [3.8, 4) is 5.75 Å². The lowest BCUT2D eigenvalue weighted by Gasteiger charge is -2.11. The van der Waals surface area contributed by atoms with E-state index < -0.39 is 18.5 Å². The van der Waals surface area contributed by atoms with Crippen LogP contribution >= 0.6 is 0 Å². The minimum absolute atomic E-state index is 0.0179. The summed E-state index contributed by atoms with van der Waals surface area (Å²) in [6.45, 7) is -3.01. The van der Waals surface area contributed by atoms with E-state index in [1.54, 1.807) is 6.07 Å². The molecular formula is C13H9F3N2O2. The molecule has 1 aromatic carbocycles. The van der Waals surface area contributed by atoms with E-state index in [2.05, 4.69) is 15.0 Å². The Morgan fingerprint density at radius 3 is 2.70 bits per heavy atom. The first-order valence-corrected chi connectivity index (χ1v) is 5.53. The minimum atomic E-state index is -3.01. The van der Waals surface area contributed by atoms with Gasteiger partial charge in [-0.05, 0) is 18.2 Å². The SMILES string of the molecule is O=C(Nc1ccccc1OC(F)F)c1ccnc(F)c1. The molecule has 0 atom stereocenters. The highest BCUT2D eigenvalue weighted by atomic mass is 19.3. The van der Waals surface area contributed by atoms with E-state index in [0.717, 1.165) is 12.3 Å². The molecule has 7 heteroatoms. The maximum Gasteiger partial charge on any atom is 0.387 e. The zero-order valence-electron chi connectivity index (χ0n) is 10.0. The summed E-state index contributed by atoms with van der Waals surface area (Å²) in [4.78, 5) is 15.2. The number of pyridine rings is 1. The Balaban J connectivity index is 2.19. The van der Waals surface area contributed by atoms with Gasteiger partial charge >= 0.3 is 6.61 Å². The molecule has 1 aromatic heterocycles. The predicted octanol–water partition coefficient (Wildman–Crippen LogP) is 3.07. The molecule has 0 radical (unpaired) electrons. The quantitative estimate of drug-likeness (QED) is 0.877. The number of ether oxygens (including phenoxy) is 1. The molecule has 4 nitrogen and oxygen atoms in total. The number of benzene rings is 1. The number of nitrogens with one attached hydrogen (secondary N) is 1. The number of hydrogen-bond acceptors (Lipinski definition) is 3. The number of carbonyl (C=O) groups is 1. The van der Waals surface area contributed by atoms with Gasteiger partial charge in [-0.15, -0.1) is 0 Å². The van der Waals surface area contributed by atoms with Gasteiger partial charge in [-0.25, -0.2) is 4.98 Å². The highest BCUT2D eigenvalue weighted by molar-refractivity contribution is 6.04. The van der Waals surface area contributed by atoms with Crippen LogP contribution in [0.2, 0.25) is 0 Å². The molecule has 0 saturated heterocycles. The van der Waals surface area contributed by atoms with Crippen molar-refractivity contribution in [3.63, 3.8) is 0 Å². The third kappa shape index (κ3) is 3.47. The van der Waals surface area contributed by atoms with Crippen LogP contribution in [0, 0.1) is 5.95 Å². The first kappa shape index (κ1) is 13.9. The predicted molar refractivity (Wildman–Crippen MR) is 65.2 cm³/mol. The van der Waals surface area contributed by atoms with Crippen LogP contribution in [0.25, 0.3) is 0 Å². The van der Waals surface area contributed by atoms with E-state index >= 15 is 0 Å². The number of alkyl halides is 2. The molecule has 0 saturated carbocycles. The second kappa shape index (κ2) is 6.05. The Bertz CT molecular complexity index is 620. The fourth-order valence-corrected chi connectivity index (χ4v) is 1.51. The molecule has 2 rings (SSSR count). The van der Waals surface area contributed by atoms with Crippen LogP contribution in [0.3, 0.4) is 0 Å². The average Bonchev–Trinajstić information content (AvgIpc) is 2.40. The third-order valence-corrected chi connectivity index (χ3v) is 2.34. The van der Waals surface area contributed by atoms with Crippen molar-refractivity contribution in [1.82, 2.24) is 4.98 Å². The molecule has 1 heterocycles. The molecular weight excluding hydrogens is 273 g/mol. The maximum absolute atomic E-state index is 12.9. The number of rotatable bonds is 4. The zero-order chi connectivity index (χ0) is 14.5. The van der Waals surface area contributed by atoms with Gasteiger partial charge in [0.1, 0.15) is 5.75 Å². The summed E-state index contributed by atoms with van der Waals surface area (Å²) in [7, 11) is 0. The number of anilines is 1. The molecule has 1 N–H and O–H groups in total. The summed E-state index contributed by atoms with van der Waals surface area (Å²) < 4.78 is 41.6. The lowest BCUT2D eigenvalue weighted by Crippen LogP contribution is -2.14. The fourth-order valence-electron chi connectivity index (χ4n) is 1.51. The highest BCUT2D eigenvalue weighted by Crippen LogP contribution is 2.25. The molecule has 0 aliphatic carbocycles. The Morgan fingerprint density at radius 2 is 2.00 bits per heavy atom. The summed E-state index contributed by atoms with van der Waals surface area (Å²) in [5, 5.41) is 2.37.